The molecule has 3 aromatic rings. The van der Waals surface area contributed by atoms with Crippen LogP contribution in [0.2, 0.25) is 0 Å². The monoisotopic (exact) mass is 328 g/mol. The van der Waals surface area contributed by atoms with Crippen LogP contribution in [0.15, 0.2) is 64.2 Å². The molecular formula is C17H13FN2O2S. The van der Waals surface area contributed by atoms with Crippen molar-refractivity contribution in [1.29, 1.82) is 0 Å². The van der Waals surface area contributed by atoms with Crippen LogP contribution in [-0.4, -0.2) is 21.7 Å². The molecule has 1 heterocycles. The number of rotatable bonds is 6. The van der Waals surface area contributed by atoms with Crippen LogP contribution in [0.5, 0.6) is 0 Å². The maximum absolute atomic E-state index is 13.1. The van der Waals surface area contributed by atoms with Gasteiger partial charge in [-0.1, -0.05) is 54.2 Å². The predicted octanol–water partition coefficient (Wildman–Crippen LogP) is 3.77. The highest BCUT2D eigenvalue weighted by Crippen LogP contribution is 2.19. The van der Waals surface area contributed by atoms with Crippen molar-refractivity contribution in [2.24, 2.45) is 0 Å². The molecule has 0 radical (unpaired) electrons. The lowest BCUT2D eigenvalue weighted by atomic mass is 10.1. The van der Waals surface area contributed by atoms with E-state index in [0.717, 1.165) is 17.3 Å². The second kappa shape index (κ2) is 7.19. The zero-order valence-electron chi connectivity index (χ0n) is 12.1. The maximum Gasteiger partial charge on any atom is 0.277 e. The molecule has 0 saturated heterocycles. The van der Waals surface area contributed by atoms with Crippen LogP contribution in [0.3, 0.4) is 0 Å². The second-order valence-corrected chi connectivity index (χ2v) is 5.77. The van der Waals surface area contributed by atoms with Gasteiger partial charge in [0.15, 0.2) is 5.78 Å². The summed E-state index contributed by atoms with van der Waals surface area (Å²) < 4.78 is 18.6. The third-order valence-corrected chi connectivity index (χ3v) is 3.94. The van der Waals surface area contributed by atoms with E-state index in [4.69, 9.17) is 4.42 Å². The van der Waals surface area contributed by atoms with Gasteiger partial charge in [-0.15, -0.1) is 10.2 Å². The highest BCUT2D eigenvalue weighted by Gasteiger charge is 2.12. The summed E-state index contributed by atoms with van der Waals surface area (Å²) in [4.78, 5) is 12.0. The minimum Gasteiger partial charge on any atom is -0.416 e. The van der Waals surface area contributed by atoms with Gasteiger partial charge in [-0.3, -0.25) is 4.79 Å². The smallest absolute Gasteiger partial charge is 0.277 e. The number of nitrogens with zero attached hydrogens (tertiary/aromatic N) is 2. The maximum atomic E-state index is 13.1. The van der Waals surface area contributed by atoms with Crippen molar-refractivity contribution >= 4 is 17.5 Å². The van der Waals surface area contributed by atoms with E-state index in [1.807, 2.05) is 30.3 Å². The number of Topliss-reactive ketones (excluding diaryl/α,β-unsaturated/α-hetero) is 1. The molecule has 0 fully saturated rings. The van der Waals surface area contributed by atoms with Gasteiger partial charge >= 0.3 is 0 Å². The van der Waals surface area contributed by atoms with E-state index in [2.05, 4.69) is 10.2 Å². The van der Waals surface area contributed by atoms with E-state index < -0.39 is 5.82 Å². The highest BCUT2D eigenvalue weighted by molar-refractivity contribution is 7.99. The first-order valence-electron chi connectivity index (χ1n) is 6.98. The Labute approximate surface area is 136 Å². The summed E-state index contributed by atoms with van der Waals surface area (Å²) in [5, 5.41) is 8.22. The molecule has 2 aromatic carbocycles. The largest absolute Gasteiger partial charge is 0.416 e. The summed E-state index contributed by atoms with van der Waals surface area (Å²) in [7, 11) is 0. The summed E-state index contributed by atoms with van der Waals surface area (Å²) in [5.41, 5.74) is 1.41. The minimum atomic E-state index is -0.427. The average molecular weight is 328 g/mol. The Morgan fingerprint density at radius 2 is 1.91 bits per heavy atom. The van der Waals surface area contributed by atoms with Gasteiger partial charge in [0.05, 0.1) is 12.2 Å². The quantitative estimate of drug-likeness (QED) is 0.509. The molecule has 0 aliphatic heterocycles. The lowest BCUT2D eigenvalue weighted by Gasteiger charge is -1.99. The minimum absolute atomic E-state index is 0.121. The molecule has 6 heteroatoms. The number of hydrogen-bond acceptors (Lipinski definition) is 5. The molecule has 0 bridgehead atoms. The summed E-state index contributed by atoms with van der Waals surface area (Å²) >= 11 is 1.15. The van der Waals surface area contributed by atoms with E-state index in [0.29, 0.717) is 23.1 Å². The predicted molar refractivity (Wildman–Crippen MR) is 85.0 cm³/mol. The Kier molecular flexibility index (Phi) is 4.83. The van der Waals surface area contributed by atoms with Crippen molar-refractivity contribution in [3.8, 4) is 0 Å². The molecule has 4 nitrogen and oxygen atoms in total. The zero-order chi connectivity index (χ0) is 16.1. The summed E-state index contributed by atoms with van der Waals surface area (Å²) in [5.74, 6) is 0.00849. The molecule has 0 aliphatic carbocycles. The van der Waals surface area contributed by atoms with Gasteiger partial charge in [0.1, 0.15) is 5.82 Å². The van der Waals surface area contributed by atoms with Gasteiger partial charge in [-0.25, -0.2) is 4.39 Å². The van der Waals surface area contributed by atoms with Crippen LogP contribution >= 0.6 is 11.8 Å². The summed E-state index contributed by atoms with van der Waals surface area (Å²) in [6, 6.07) is 15.4. The van der Waals surface area contributed by atoms with Crippen molar-refractivity contribution in [1.82, 2.24) is 10.2 Å². The second-order valence-electron chi connectivity index (χ2n) is 4.85. The van der Waals surface area contributed by atoms with Crippen LogP contribution in [-0.2, 0) is 6.42 Å². The van der Waals surface area contributed by atoms with Crippen molar-refractivity contribution in [3.63, 3.8) is 0 Å². The van der Waals surface area contributed by atoms with Crippen molar-refractivity contribution in [2.75, 3.05) is 5.75 Å². The van der Waals surface area contributed by atoms with Crippen molar-refractivity contribution < 1.29 is 13.6 Å². The van der Waals surface area contributed by atoms with E-state index in [1.54, 1.807) is 6.07 Å². The fourth-order valence-electron chi connectivity index (χ4n) is 2.01. The first kappa shape index (κ1) is 15.4. The van der Waals surface area contributed by atoms with Gasteiger partial charge in [0.25, 0.3) is 5.22 Å². The Morgan fingerprint density at radius 1 is 1.09 bits per heavy atom. The number of halogens is 1. The molecule has 0 atom stereocenters. The average Bonchev–Trinajstić information content (AvgIpc) is 3.01. The molecule has 0 amide bonds. The lowest BCUT2D eigenvalue weighted by molar-refractivity contribution is 0.102. The van der Waals surface area contributed by atoms with E-state index in [-0.39, 0.29) is 11.5 Å². The molecule has 3 rings (SSSR count). The number of ketones is 1. The standard InChI is InChI=1S/C17H13FN2O2S/c18-14-8-4-7-13(10-14)15(21)11-23-17-20-19-16(22-17)9-12-5-2-1-3-6-12/h1-8,10H,9,11H2. The molecule has 0 spiro atoms. The fraction of sp³-hybridized carbons (Fsp3) is 0.118. The van der Waals surface area contributed by atoms with Crippen LogP contribution in [0, 0.1) is 5.82 Å². The van der Waals surface area contributed by atoms with Crippen LogP contribution in [0.25, 0.3) is 0 Å². The van der Waals surface area contributed by atoms with E-state index in [1.165, 1.54) is 18.2 Å². The fourth-order valence-corrected chi connectivity index (χ4v) is 2.69. The Morgan fingerprint density at radius 3 is 2.70 bits per heavy atom. The molecule has 1 aromatic heterocycles. The molecule has 0 N–H and O–H groups in total. The van der Waals surface area contributed by atoms with E-state index in [9.17, 15) is 9.18 Å². The van der Waals surface area contributed by atoms with Crippen LogP contribution < -0.4 is 0 Å². The molecule has 0 aliphatic rings. The molecule has 116 valence electrons. The molecule has 0 unspecified atom stereocenters. The third kappa shape index (κ3) is 4.26. The first-order chi connectivity index (χ1) is 11.2. The number of benzene rings is 2. The Bertz CT molecular complexity index is 805. The SMILES string of the molecule is O=C(CSc1nnc(Cc2ccccc2)o1)c1cccc(F)c1. The molecule has 23 heavy (non-hydrogen) atoms. The number of hydrogen-bond donors (Lipinski definition) is 0. The Balaban J connectivity index is 1.58. The van der Waals surface area contributed by atoms with Gasteiger partial charge in [0.2, 0.25) is 5.89 Å². The van der Waals surface area contributed by atoms with Crippen LogP contribution in [0.1, 0.15) is 21.8 Å². The zero-order valence-corrected chi connectivity index (χ0v) is 12.9. The topological polar surface area (TPSA) is 56.0 Å². The van der Waals surface area contributed by atoms with Gasteiger partial charge in [-0.05, 0) is 17.7 Å². The number of thioether (sulfide) groups is 1. The molecule has 0 saturated carbocycles. The summed E-state index contributed by atoms with van der Waals surface area (Å²) in [6.45, 7) is 0. The van der Waals surface area contributed by atoms with Gasteiger partial charge in [0, 0.05) is 5.56 Å². The first-order valence-corrected chi connectivity index (χ1v) is 7.97. The number of carbonyl (C=O) groups excluding carboxylic acids is 1. The Hall–Kier alpha value is -2.47. The summed E-state index contributed by atoms with van der Waals surface area (Å²) in [6.07, 6.45) is 0.548. The lowest BCUT2D eigenvalue weighted by Crippen LogP contribution is -2.02. The van der Waals surface area contributed by atoms with E-state index >= 15 is 0 Å². The highest BCUT2D eigenvalue weighted by atomic mass is 32.2. The molecular weight excluding hydrogens is 315 g/mol. The third-order valence-electron chi connectivity index (χ3n) is 3.12. The van der Waals surface area contributed by atoms with Gasteiger partial charge in [-0.2, -0.15) is 0 Å². The van der Waals surface area contributed by atoms with Gasteiger partial charge < -0.3 is 4.42 Å². The van der Waals surface area contributed by atoms with Crippen molar-refractivity contribution in [2.45, 2.75) is 11.6 Å². The number of carbonyl (C=O) groups is 1. The normalized spacial score (nSPS) is 10.7. The van der Waals surface area contributed by atoms with Crippen molar-refractivity contribution in [3.05, 3.63) is 77.4 Å². The number of aromatic nitrogens is 2. The van der Waals surface area contributed by atoms with Crippen LogP contribution in [0.4, 0.5) is 4.39 Å².